The second kappa shape index (κ2) is 7.14. The maximum Gasteiger partial charge on any atom is 0.161 e. The fourth-order valence-corrected chi connectivity index (χ4v) is 2.27. The van der Waals surface area contributed by atoms with Crippen molar-refractivity contribution in [3.63, 3.8) is 0 Å². The summed E-state index contributed by atoms with van der Waals surface area (Å²) in [5.41, 5.74) is 2.17. The molecule has 0 amide bonds. The zero-order valence-electron chi connectivity index (χ0n) is 13.0. The molecule has 3 nitrogen and oxygen atoms in total. The summed E-state index contributed by atoms with van der Waals surface area (Å²) in [6.45, 7) is 4.08. The normalized spacial score (nSPS) is 12.2. The van der Waals surface area contributed by atoms with Crippen molar-refractivity contribution in [2.45, 2.75) is 26.1 Å². The van der Waals surface area contributed by atoms with Crippen LogP contribution in [0, 0.1) is 0 Å². The maximum absolute atomic E-state index is 6.10. The Kier molecular flexibility index (Phi) is 5.23. The molecule has 0 aliphatic carbocycles. The predicted molar refractivity (Wildman–Crippen MR) is 84.1 cm³/mol. The SMILES string of the molecule is COc1ccc(C(OC(C)C)c2ccccc2)cc1OC. The quantitative estimate of drug-likeness (QED) is 0.796. The third-order valence-corrected chi connectivity index (χ3v) is 3.22. The van der Waals surface area contributed by atoms with Crippen LogP contribution in [0.1, 0.15) is 31.1 Å². The van der Waals surface area contributed by atoms with Crippen molar-refractivity contribution in [1.29, 1.82) is 0 Å². The zero-order chi connectivity index (χ0) is 15.2. The summed E-state index contributed by atoms with van der Waals surface area (Å²) in [6, 6.07) is 16.1. The van der Waals surface area contributed by atoms with Crippen LogP contribution in [0.15, 0.2) is 48.5 Å². The van der Waals surface area contributed by atoms with Crippen LogP contribution in [0.4, 0.5) is 0 Å². The molecular formula is C18H22O3. The number of ether oxygens (including phenoxy) is 3. The molecule has 2 aromatic carbocycles. The average molecular weight is 286 g/mol. The van der Waals surface area contributed by atoms with Gasteiger partial charge in [-0.2, -0.15) is 0 Å². The van der Waals surface area contributed by atoms with E-state index in [9.17, 15) is 0 Å². The van der Waals surface area contributed by atoms with E-state index in [1.54, 1.807) is 14.2 Å². The van der Waals surface area contributed by atoms with Crippen LogP contribution in [-0.4, -0.2) is 20.3 Å². The Morgan fingerprint density at radius 1 is 0.762 bits per heavy atom. The molecular weight excluding hydrogens is 264 g/mol. The summed E-state index contributed by atoms with van der Waals surface area (Å²) >= 11 is 0. The van der Waals surface area contributed by atoms with Crippen LogP contribution < -0.4 is 9.47 Å². The van der Waals surface area contributed by atoms with Crippen molar-refractivity contribution < 1.29 is 14.2 Å². The summed E-state index contributed by atoms with van der Waals surface area (Å²) in [5, 5.41) is 0. The van der Waals surface area contributed by atoms with Gasteiger partial charge in [0.25, 0.3) is 0 Å². The first kappa shape index (κ1) is 15.4. The van der Waals surface area contributed by atoms with E-state index in [1.807, 2.05) is 50.2 Å². The molecule has 112 valence electrons. The number of rotatable bonds is 6. The highest BCUT2D eigenvalue weighted by molar-refractivity contribution is 5.45. The third-order valence-electron chi connectivity index (χ3n) is 3.22. The van der Waals surface area contributed by atoms with Gasteiger partial charge in [-0.3, -0.25) is 0 Å². The van der Waals surface area contributed by atoms with Gasteiger partial charge in [-0.05, 0) is 37.1 Å². The fourth-order valence-electron chi connectivity index (χ4n) is 2.27. The lowest BCUT2D eigenvalue weighted by Gasteiger charge is -2.22. The van der Waals surface area contributed by atoms with Gasteiger partial charge in [0.15, 0.2) is 11.5 Å². The predicted octanol–water partition coefficient (Wildman–Crippen LogP) is 4.22. The van der Waals surface area contributed by atoms with Gasteiger partial charge in [-0.1, -0.05) is 36.4 Å². The van der Waals surface area contributed by atoms with Crippen molar-refractivity contribution in [3.05, 3.63) is 59.7 Å². The molecule has 0 saturated carbocycles. The van der Waals surface area contributed by atoms with Gasteiger partial charge in [-0.25, -0.2) is 0 Å². The minimum Gasteiger partial charge on any atom is -0.493 e. The van der Waals surface area contributed by atoms with Crippen molar-refractivity contribution in [2.24, 2.45) is 0 Å². The largest absolute Gasteiger partial charge is 0.493 e. The highest BCUT2D eigenvalue weighted by atomic mass is 16.5. The molecule has 21 heavy (non-hydrogen) atoms. The minimum atomic E-state index is -0.119. The molecule has 0 N–H and O–H groups in total. The molecule has 0 saturated heterocycles. The Labute approximate surface area is 126 Å². The Morgan fingerprint density at radius 3 is 2.00 bits per heavy atom. The van der Waals surface area contributed by atoms with Crippen molar-refractivity contribution in [3.8, 4) is 11.5 Å². The Balaban J connectivity index is 2.41. The topological polar surface area (TPSA) is 27.7 Å². The second-order valence-corrected chi connectivity index (χ2v) is 5.09. The molecule has 0 aliphatic heterocycles. The second-order valence-electron chi connectivity index (χ2n) is 5.09. The number of hydrogen-bond donors (Lipinski definition) is 0. The Hall–Kier alpha value is -2.00. The zero-order valence-corrected chi connectivity index (χ0v) is 13.0. The van der Waals surface area contributed by atoms with Crippen LogP contribution in [0.25, 0.3) is 0 Å². The lowest BCUT2D eigenvalue weighted by Crippen LogP contribution is -2.12. The van der Waals surface area contributed by atoms with E-state index in [0.29, 0.717) is 5.75 Å². The summed E-state index contributed by atoms with van der Waals surface area (Å²) in [5.74, 6) is 1.43. The number of methoxy groups -OCH3 is 2. The van der Waals surface area contributed by atoms with E-state index in [-0.39, 0.29) is 12.2 Å². The first-order valence-electron chi connectivity index (χ1n) is 7.08. The van der Waals surface area contributed by atoms with E-state index in [0.717, 1.165) is 16.9 Å². The van der Waals surface area contributed by atoms with E-state index in [2.05, 4.69) is 12.1 Å². The third kappa shape index (κ3) is 3.76. The smallest absolute Gasteiger partial charge is 0.161 e. The molecule has 0 radical (unpaired) electrons. The summed E-state index contributed by atoms with van der Waals surface area (Å²) in [6.07, 6.45) is 0.00862. The molecule has 0 spiro atoms. The van der Waals surface area contributed by atoms with Gasteiger partial charge in [0, 0.05) is 0 Å². The van der Waals surface area contributed by atoms with Gasteiger partial charge in [0.1, 0.15) is 6.10 Å². The lowest BCUT2D eigenvalue weighted by molar-refractivity contribution is 0.0302. The highest BCUT2D eigenvalue weighted by Crippen LogP contribution is 2.34. The van der Waals surface area contributed by atoms with E-state index in [1.165, 1.54) is 0 Å². The summed E-state index contributed by atoms with van der Waals surface area (Å²) in [7, 11) is 3.28. The van der Waals surface area contributed by atoms with Crippen LogP contribution in [-0.2, 0) is 4.74 Å². The van der Waals surface area contributed by atoms with Crippen LogP contribution >= 0.6 is 0 Å². The van der Waals surface area contributed by atoms with Crippen molar-refractivity contribution in [2.75, 3.05) is 14.2 Å². The molecule has 0 heterocycles. The monoisotopic (exact) mass is 286 g/mol. The van der Waals surface area contributed by atoms with Gasteiger partial charge in [-0.15, -0.1) is 0 Å². The molecule has 0 bridgehead atoms. The standard InChI is InChI=1S/C18H22O3/c1-13(2)21-18(14-8-6-5-7-9-14)15-10-11-16(19-3)17(12-15)20-4/h5-13,18H,1-4H3. The lowest BCUT2D eigenvalue weighted by atomic mass is 10.0. The van der Waals surface area contributed by atoms with Gasteiger partial charge in [0.05, 0.1) is 20.3 Å². The molecule has 1 unspecified atom stereocenters. The van der Waals surface area contributed by atoms with Crippen LogP contribution in [0.2, 0.25) is 0 Å². The van der Waals surface area contributed by atoms with Crippen LogP contribution in [0.3, 0.4) is 0 Å². The van der Waals surface area contributed by atoms with Gasteiger partial charge >= 0.3 is 0 Å². The van der Waals surface area contributed by atoms with E-state index in [4.69, 9.17) is 14.2 Å². The summed E-state index contributed by atoms with van der Waals surface area (Å²) in [4.78, 5) is 0. The molecule has 1 atom stereocenters. The van der Waals surface area contributed by atoms with Gasteiger partial charge in [0.2, 0.25) is 0 Å². The molecule has 0 aromatic heterocycles. The first-order valence-corrected chi connectivity index (χ1v) is 7.08. The maximum atomic E-state index is 6.10. The number of benzene rings is 2. The van der Waals surface area contributed by atoms with Gasteiger partial charge < -0.3 is 14.2 Å². The first-order chi connectivity index (χ1) is 10.2. The average Bonchev–Trinajstić information content (AvgIpc) is 2.52. The molecule has 3 heteroatoms. The molecule has 0 fully saturated rings. The van der Waals surface area contributed by atoms with E-state index >= 15 is 0 Å². The number of hydrogen-bond acceptors (Lipinski definition) is 3. The molecule has 0 aliphatic rings. The Morgan fingerprint density at radius 2 is 1.43 bits per heavy atom. The minimum absolute atomic E-state index is 0.119. The van der Waals surface area contributed by atoms with Crippen LogP contribution in [0.5, 0.6) is 11.5 Å². The van der Waals surface area contributed by atoms with Crippen molar-refractivity contribution in [1.82, 2.24) is 0 Å². The molecule has 2 aromatic rings. The van der Waals surface area contributed by atoms with Crippen molar-refractivity contribution >= 4 is 0 Å². The molecule has 2 rings (SSSR count). The highest BCUT2D eigenvalue weighted by Gasteiger charge is 2.18. The van der Waals surface area contributed by atoms with E-state index < -0.39 is 0 Å². The Bertz CT molecular complexity index is 564. The fraction of sp³-hybridized carbons (Fsp3) is 0.333. The summed E-state index contributed by atoms with van der Waals surface area (Å²) < 4.78 is 16.8.